The summed E-state index contributed by atoms with van der Waals surface area (Å²) in [6.07, 6.45) is 92.1. The molecule has 1 amide bonds. The summed E-state index contributed by atoms with van der Waals surface area (Å²) in [6.45, 7) is 4.98. The first-order chi connectivity index (χ1) is 40.5. The SMILES string of the molecule is CCCCCCCCC/C=C\CCCCCCCC(=O)OCCCCCCCCCCC/C=C\C/C=C\CCCCCCCCCCCCCCCCCC(=O)NC(CO)C(O)CCCCCCCCCCCCCCCCCCCC. The minimum absolute atomic E-state index is 0.00638. The summed E-state index contributed by atoms with van der Waals surface area (Å²) < 4.78 is 5.49. The first-order valence-corrected chi connectivity index (χ1v) is 37.2. The highest BCUT2D eigenvalue weighted by atomic mass is 16.5. The lowest BCUT2D eigenvalue weighted by Gasteiger charge is -2.22. The van der Waals surface area contributed by atoms with Crippen molar-refractivity contribution in [3.05, 3.63) is 36.5 Å². The molecule has 0 saturated heterocycles. The van der Waals surface area contributed by atoms with E-state index in [1.54, 1.807) is 0 Å². The van der Waals surface area contributed by atoms with Gasteiger partial charge in [0.1, 0.15) is 0 Å². The zero-order valence-electron chi connectivity index (χ0n) is 55.5. The van der Waals surface area contributed by atoms with Crippen molar-refractivity contribution >= 4 is 11.9 Å². The van der Waals surface area contributed by atoms with Crippen LogP contribution < -0.4 is 5.32 Å². The van der Waals surface area contributed by atoms with Gasteiger partial charge in [0.05, 0.1) is 25.4 Å². The van der Waals surface area contributed by atoms with E-state index in [0.29, 0.717) is 25.9 Å². The molecule has 0 aromatic heterocycles. The van der Waals surface area contributed by atoms with Crippen LogP contribution in [-0.2, 0) is 14.3 Å². The number of carbonyl (C=O) groups is 2. The summed E-state index contributed by atoms with van der Waals surface area (Å²) in [5, 5.41) is 23.4. The molecule has 484 valence electrons. The third-order valence-electron chi connectivity index (χ3n) is 17.4. The fourth-order valence-corrected chi connectivity index (χ4v) is 11.7. The zero-order chi connectivity index (χ0) is 59.2. The van der Waals surface area contributed by atoms with Gasteiger partial charge in [0.15, 0.2) is 0 Å². The van der Waals surface area contributed by atoms with E-state index in [-0.39, 0.29) is 18.5 Å². The van der Waals surface area contributed by atoms with Gasteiger partial charge in [0.2, 0.25) is 5.91 Å². The lowest BCUT2D eigenvalue weighted by atomic mass is 10.0. The number of ether oxygens (including phenoxy) is 1. The van der Waals surface area contributed by atoms with E-state index in [2.05, 4.69) is 55.6 Å². The topological polar surface area (TPSA) is 95.9 Å². The summed E-state index contributed by atoms with van der Waals surface area (Å²) in [5.74, 6) is -0.0243. The molecule has 0 aliphatic rings. The van der Waals surface area contributed by atoms with Crippen molar-refractivity contribution in [2.45, 2.75) is 424 Å². The molecule has 0 aromatic carbocycles. The van der Waals surface area contributed by atoms with Crippen LogP contribution >= 0.6 is 0 Å². The van der Waals surface area contributed by atoms with Gasteiger partial charge >= 0.3 is 5.97 Å². The Labute approximate surface area is 513 Å². The highest BCUT2D eigenvalue weighted by molar-refractivity contribution is 5.76. The molecule has 0 aliphatic carbocycles. The summed E-state index contributed by atoms with van der Waals surface area (Å²) in [5.41, 5.74) is 0. The van der Waals surface area contributed by atoms with Crippen LogP contribution in [-0.4, -0.2) is 47.4 Å². The Kier molecular flexibility index (Phi) is 69.9. The minimum Gasteiger partial charge on any atom is -0.466 e. The summed E-state index contributed by atoms with van der Waals surface area (Å²) in [6, 6.07) is -0.542. The van der Waals surface area contributed by atoms with Crippen molar-refractivity contribution in [3.63, 3.8) is 0 Å². The predicted octanol–water partition coefficient (Wildman–Crippen LogP) is 24.3. The molecule has 0 rings (SSSR count). The van der Waals surface area contributed by atoms with E-state index in [9.17, 15) is 19.8 Å². The van der Waals surface area contributed by atoms with E-state index in [4.69, 9.17) is 4.74 Å². The van der Waals surface area contributed by atoms with Crippen molar-refractivity contribution in [1.82, 2.24) is 5.32 Å². The first kappa shape index (κ1) is 80.1. The maximum absolute atomic E-state index is 12.5. The van der Waals surface area contributed by atoms with Crippen LogP contribution in [0, 0.1) is 0 Å². The molecule has 0 saturated carbocycles. The standard InChI is InChI=1S/C76H145NO5/c1-3-5-7-9-11-13-15-17-19-21-37-40-44-48-52-56-60-64-68-74(79)73(72-78)77-75(80)69-65-61-57-53-49-45-41-38-35-33-31-29-27-25-23-22-24-26-28-30-32-34-36-39-43-47-51-55-59-63-67-71-82-76(81)70-66-62-58-54-50-46-42-20-18-16-14-12-10-8-6-4-2/h20,24,26,30,32,42,73-74,78-79H,3-19,21-23,25,27-29,31,33-41,43-72H2,1-2H3,(H,77,80)/b26-24-,32-30-,42-20-. The quantitative estimate of drug-likeness (QED) is 0.0320. The van der Waals surface area contributed by atoms with Crippen molar-refractivity contribution < 1.29 is 24.5 Å². The number of allylic oxidation sites excluding steroid dienone is 6. The lowest BCUT2D eigenvalue weighted by Crippen LogP contribution is -2.45. The van der Waals surface area contributed by atoms with Gasteiger partial charge in [-0.2, -0.15) is 0 Å². The molecule has 3 N–H and O–H groups in total. The average Bonchev–Trinajstić information content (AvgIpc) is 3.48. The first-order valence-electron chi connectivity index (χ1n) is 37.2. The summed E-state index contributed by atoms with van der Waals surface area (Å²) >= 11 is 0. The number of unbranched alkanes of at least 4 members (excludes halogenated alkanes) is 53. The predicted molar refractivity (Wildman–Crippen MR) is 361 cm³/mol. The van der Waals surface area contributed by atoms with E-state index in [1.165, 1.54) is 327 Å². The molecule has 6 heteroatoms. The monoisotopic (exact) mass is 1150 g/mol. The number of aliphatic hydroxyl groups excluding tert-OH is 2. The molecule has 2 atom stereocenters. The smallest absolute Gasteiger partial charge is 0.305 e. The molecule has 0 spiro atoms. The van der Waals surface area contributed by atoms with Crippen molar-refractivity contribution in [1.29, 1.82) is 0 Å². The van der Waals surface area contributed by atoms with E-state index in [1.807, 2.05) is 0 Å². The van der Waals surface area contributed by atoms with Crippen LogP contribution in [0.2, 0.25) is 0 Å². The van der Waals surface area contributed by atoms with Gasteiger partial charge in [-0.15, -0.1) is 0 Å². The van der Waals surface area contributed by atoms with Crippen molar-refractivity contribution in [3.8, 4) is 0 Å². The number of hydrogen-bond donors (Lipinski definition) is 3. The third-order valence-corrected chi connectivity index (χ3v) is 17.4. The number of esters is 1. The van der Waals surface area contributed by atoms with Crippen molar-refractivity contribution in [2.75, 3.05) is 13.2 Å². The number of hydrogen-bond acceptors (Lipinski definition) is 5. The Morgan fingerprint density at radius 2 is 0.610 bits per heavy atom. The van der Waals surface area contributed by atoms with E-state index in [0.717, 1.165) is 51.4 Å². The Morgan fingerprint density at radius 3 is 0.939 bits per heavy atom. The van der Waals surface area contributed by atoms with Crippen LogP contribution in [0.3, 0.4) is 0 Å². The van der Waals surface area contributed by atoms with Gasteiger partial charge in [-0.25, -0.2) is 0 Å². The molecule has 0 heterocycles. The Bertz CT molecular complexity index is 1330. The fourth-order valence-electron chi connectivity index (χ4n) is 11.7. The molecule has 0 bridgehead atoms. The highest BCUT2D eigenvalue weighted by Gasteiger charge is 2.20. The number of amides is 1. The van der Waals surface area contributed by atoms with Gasteiger partial charge in [-0.3, -0.25) is 9.59 Å². The second kappa shape index (κ2) is 71.6. The molecule has 0 aliphatic heterocycles. The minimum atomic E-state index is -0.665. The Hall–Kier alpha value is -1.92. The van der Waals surface area contributed by atoms with Gasteiger partial charge in [-0.1, -0.05) is 352 Å². The summed E-state index contributed by atoms with van der Waals surface area (Å²) in [7, 11) is 0. The molecule has 0 radical (unpaired) electrons. The molecule has 0 aromatic rings. The maximum Gasteiger partial charge on any atom is 0.305 e. The van der Waals surface area contributed by atoms with E-state index >= 15 is 0 Å². The van der Waals surface area contributed by atoms with Crippen LogP contribution in [0.4, 0.5) is 0 Å². The lowest BCUT2D eigenvalue weighted by molar-refractivity contribution is -0.143. The highest BCUT2D eigenvalue weighted by Crippen LogP contribution is 2.19. The van der Waals surface area contributed by atoms with Crippen LogP contribution in [0.25, 0.3) is 0 Å². The zero-order valence-corrected chi connectivity index (χ0v) is 55.5. The molecule has 82 heavy (non-hydrogen) atoms. The van der Waals surface area contributed by atoms with Crippen LogP contribution in [0.5, 0.6) is 0 Å². The number of aliphatic hydroxyl groups is 2. The second-order valence-electron chi connectivity index (χ2n) is 25.6. The van der Waals surface area contributed by atoms with Crippen LogP contribution in [0.1, 0.15) is 412 Å². The molecule has 2 unspecified atom stereocenters. The molecular formula is C76H145NO5. The third kappa shape index (κ3) is 67.2. The normalized spacial score (nSPS) is 12.7. The number of carbonyl (C=O) groups excluding carboxylic acids is 2. The molecular weight excluding hydrogens is 1010 g/mol. The van der Waals surface area contributed by atoms with Crippen LogP contribution in [0.15, 0.2) is 36.5 Å². The average molecular weight is 1150 g/mol. The van der Waals surface area contributed by atoms with Gasteiger partial charge in [-0.05, 0) is 83.5 Å². The number of nitrogens with one attached hydrogen (secondary N) is 1. The van der Waals surface area contributed by atoms with E-state index < -0.39 is 12.1 Å². The van der Waals surface area contributed by atoms with Gasteiger partial charge < -0.3 is 20.3 Å². The molecule has 0 fully saturated rings. The number of rotatable bonds is 70. The largest absolute Gasteiger partial charge is 0.466 e. The Morgan fingerprint density at radius 1 is 0.341 bits per heavy atom. The second-order valence-corrected chi connectivity index (χ2v) is 25.6. The van der Waals surface area contributed by atoms with Gasteiger partial charge in [0.25, 0.3) is 0 Å². The Balaban J connectivity index is 3.39. The van der Waals surface area contributed by atoms with Crippen molar-refractivity contribution in [2.24, 2.45) is 0 Å². The molecule has 6 nitrogen and oxygen atoms in total. The fraction of sp³-hybridized carbons (Fsp3) is 0.895. The van der Waals surface area contributed by atoms with Gasteiger partial charge in [0, 0.05) is 12.8 Å². The maximum atomic E-state index is 12.5. The summed E-state index contributed by atoms with van der Waals surface area (Å²) in [4.78, 5) is 24.6.